The van der Waals surface area contributed by atoms with Crippen molar-refractivity contribution in [2.75, 3.05) is 6.26 Å². The Morgan fingerprint density at radius 3 is 2.64 bits per heavy atom. The molecular weight excluding hydrogens is 291 g/mol. The first-order chi connectivity index (χ1) is 5.15. The summed E-state index contributed by atoms with van der Waals surface area (Å²) in [5.74, 6) is 0. The van der Waals surface area contributed by atoms with Crippen LogP contribution < -0.4 is 0 Å². The first-order valence-corrected chi connectivity index (χ1v) is 5.83. The van der Waals surface area contributed by atoms with Crippen molar-refractivity contribution in [3.63, 3.8) is 0 Å². The molecule has 60 valence electrons. The molecular formula is C8H8ClIS. The molecule has 0 aliphatic rings. The summed E-state index contributed by atoms with van der Waals surface area (Å²) in [6, 6.07) is 4.13. The van der Waals surface area contributed by atoms with Crippen LogP contribution in [0.3, 0.4) is 0 Å². The van der Waals surface area contributed by atoms with Gasteiger partial charge in [-0.1, -0.05) is 11.6 Å². The molecule has 1 rings (SSSR count). The molecule has 11 heavy (non-hydrogen) atoms. The predicted molar refractivity (Wildman–Crippen MR) is 60.7 cm³/mol. The zero-order chi connectivity index (χ0) is 8.43. The number of thioether (sulfide) groups is 1. The predicted octanol–water partition coefficient (Wildman–Crippen LogP) is 3.97. The van der Waals surface area contributed by atoms with Crippen LogP contribution in [0.2, 0.25) is 5.02 Å². The quantitative estimate of drug-likeness (QED) is 0.558. The fraction of sp³-hybridized carbons (Fsp3) is 0.250. The lowest BCUT2D eigenvalue weighted by Crippen LogP contribution is -1.82. The highest BCUT2D eigenvalue weighted by Gasteiger charge is 2.02. The first-order valence-electron chi connectivity index (χ1n) is 3.15. The molecule has 0 aliphatic carbocycles. The van der Waals surface area contributed by atoms with Gasteiger partial charge >= 0.3 is 0 Å². The number of rotatable bonds is 1. The van der Waals surface area contributed by atoms with Crippen molar-refractivity contribution in [1.82, 2.24) is 0 Å². The first kappa shape index (κ1) is 9.68. The Kier molecular flexibility index (Phi) is 3.52. The summed E-state index contributed by atoms with van der Waals surface area (Å²) in [5.41, 5.74) is 1.18. The van der Waals surface area contributed by atoms with Crippen molar-refractivity contribution < 1.29 is 0 Å². The van der Waals surface area contributed by atoms with Crippen molar-refractivity contribution >= 4 is 46.0 Å². The molecule has 0 unspecified atom stereocenters. The average Bonchev–Trinajstić information content (AvgIpc) is 1.96. The number of halogens is 2. The highest BCUT2D eigenvalue weighted by molar-refractivity contribution is 14.1. The van der Waals surface area contributed by atoms with E-state index in [1.165, 1.54) is 14.0 Å². The van der Waals surface area contributed by atoms with Crippen LogP contribution in [-0.4, -0.2) is 6.26 Å². The van der Waals surface area contributed by atoms with E-state index in [1.807, 2.05) is 13.0 Å². The molecule has 1 aromatic carbocycles. The maximum Gasteiger partial charge on any atom is 0.0456 e. The number of hydrogen-bond acceptors (Lipinski definition) is 1. The molecule has 3 heteroatoms. The minimum atomic E-state index is 0.862. The highest BCUT2D eigenvalue weighted by atomic mass is 127. The van der Waals surface area contributed by atoms with E-state index in [2.05, 4.69) is 34.9 Å². The third-order valence-electron chi connectivity index (χ3n) is 1.48. The molecule has 0 heterocycles. The number of benzene rings is 1. The van der Waals surface area contributed by atoms with E-state index in [0.717, 1.165) is 5.02 Å². The van der Waals surface area contributed by atoms with E-state index in [0.29, 0.717) is 0 Å². The molecule has 0 nitrogen and oxygen atoms in total. The van der Waals surface area contributed by atoms with Gasteiger partial charge in [0.1, 0.15) is 0 Å². The van der Waals surface area contributed by atoms with Crippen LogP contribution >= 0.6 is 46.0 Å². The standard InChI is InChI=1S/C8H8ClIS/c1-5-7(9)3-6(10)4-8(5)11-2/h3-4H,1-2H3. The molecule has 0 N–H and O–H groups in total. The van der Waals surface area contributed by atoms with E-state index in [9.17, 15) is 0 Å². The van der Waals surface area contributed by atoms with Gasteiger partial charge in [0.15, 0.2) is 0 Å². The Bertz CT molecular complexity index is 273. The summed E-state index contributed by atoms with van der Waals surface area (Å²) in [4.78, 5) is 1.27. The van der Waals surface area contributed by atoms with Gasteiger partial charge in [-0.25, -0.2) is 0 Å². The van der Waals surface area contributed by atoms with Crippen LogP contribution in [0.1, 0.15) is 5.56 Å². The summed E-state index contributed by atoms with van der Waals surface area (Å²) < 4.78 is 1.20. The second-order valence-corrected chi connectivity index (χ2v) is 4.72. The maximum absolute atomic E-state index is 5.98. The topological polar surface area (TPSA) is 0 Å². The SMILES string of the molecule is CSc1cc(I)cc(Cl)c1C. The molecule has 0 spiro atoms. The molecule has 0 atom stereocenters. The van der Waals surface area contributed by atoms with Gasteiger partial charge in [0, 0.05) is 13.5 Å². The second-order valence-electron chi connectivity index (χ2n) is 2.21. The zero-order valence-corrected chi connectivity index (χ0v) is 10.0. The Morgan fingerprint density at radius 2 is 2.09 bits per heavy atom. The minimum Gasteiger partial charge on any atom is -0.129 e. The van der Waals surface area contributed by atoms with Gasteiger partial charge in [-0.2, -0.15) is 0 Å². The normalized spacial score (nSPS) is 10.2. The van der Waals surface area contributed by atoms with Gasteiger partial charge in [0.2, 0.25) is 0 Å². The fourth-order valence-corrected chi connectivity index (χ4v) is 2.79. The molecule has 0 fully saturated rings. The van der Waals surface area contributed by atoms with Crippen molar-refractivity contribution in [2.45, 2.75) is 11.8 Å². The lowest BCUT2D eigenvalue weighted by atomic mass is 10.2. The Labute approximate surface area is 89.8 Å². The average molecular weight is 299 g/mol. The lowest BCUT2D eigenvalue weighted by Gasteiger charge is -2.04. The zero-order valence-electron chi connectivity index (χ0n) is 6.32. The minimum absolute atomic E-state index is 0.862. The summed E-state index contributed by atoms with van der Waals surface area (Å²) in [6.07, 6.45) is 2.06. The van der Waals surface area contributed by atoms with E-state index in [4.69, 9.17) is 11.6 Å². The second kappa shape index (κ2) is 4.01. The molecule has 0 saturated heterocycles. The van der Waals surface area contributed by atoms with Crippen LogP contribution in [0.15, 0.2) is 17.0 Å². The highest BCUT2D eigenvalue weighted by Crippen LogP contribution is 2.28. The van der Waals surface area contributed by atoms with Crippen LogP contribution in [-0.2, 0) is 0 Å². The lowest BCUT2D eigenvalue weighted by molar-refractivity contribution is 1.29. The molecule has 0 aromatic heterocycles. The summed E-state index contributed by atoms with van der Waals surface area (Å²) in [7, 11) is 0. The molecule has 0 amide bonds. The van der Waals surface area contributed by atoms with Crippen molar-refractivity contribution in [3.05, 3.63) is 26.3 Å². The van der Waals surface area contributed by atoms with Crippen molar-refractivity contribution in [3.8, 4) is 0 Å². The summed E-state index contributed by atoms with van der Waals surface area (Å²) in [5, 5.41) is 0.862. The van der Waals surface area contributed by atoms with Crippen molar-refractivity contribution in [2.24, 2.45) is 0 Å². The van der Waals surface area contributed by atoms with Crippen LogP contribution in [0, 0.1) is 10.5 Å². The summed E-state index contributed by atoms with van der Waals surface area (Å²) >= 11 is 9.99. The van der Waals surface area contributed by atoms with Gasteiger partial charge in [-0.3, -0.25) is 0 Å². The Morgan fingerprint density at radius 1 is 1.45 bits per heavy atom. The van der Waals surface area contributed by atoms with Gasteiger partial charge in [0.05, 0.1) is 0 Å². The van der Waals surface area contributed by atoms with E-state index < -0.39 is 0 Å². The molecule has 0 radical (unpaired) electrons. The Hall–Kier alpha value is 0.590. The maximum atomic E-state index is 5.98. The van der Waals surface area contributed by atoms with E-state index in [1.54, 1.807) is 11.8 Å². The van der Waals surface area contributed by atoms with Gasteiger partial charge in [-0.15, -0.1) is 11.8 Å². The third-order valence-corrected chi connectivity index (χ3v) is 3.36. The third kappa shape index (κ3) is 2.26. The van der Waals surface area contributed by atoms with E-state index >= 15 is 0 Å². The van der Waals surface area contributed by atoms with Gasteiger partial charge in [0.25, 0.3) is 0 Å². The largest absolute Gasteiger partial charge is 0.129 e. The number of hydrogen-bond donors (Lipinski definition) is 0. The van der Waals surface area contributed by atoms with Gasteiger partial charge in [-0.05, 0) is 53.5 Å². The van der Waals surface area contributed by atoms with Gasteiger partial charge < -0.3 is 0 Å². The molecule has 0 saturated carbocycles. The van der Waals surface area contributed by atoms with E-state index in [-0.39, 0.29) is 0 Å². The monoisotopic (exact) mass is 298 g/mol. The molecule has 0 aliphatic heterocycles. The van der Waals surface area contributed by atoms with Crippen LogP contribution in [0.4, 0.5) is 0 Å². The molecule has 1 aromatic rings. The smallest absolute Gasteiger partial charge is 0.0456 e. The van der Waals surface area contributed by atoms with Crippen molar-refractivity contribution in [1.29, 1.82) is 0 Å². The van der Waals surface area contributed by atoms with Crippen LogP contribution in [0.25, 0.3) is 0 Å². The molecule has 0 bridgehead atoms. The fourth-order valence-electron chi connectivity index (χ4n) is 0.834. The van der Waals surface area contributed by atoms with Crippen LogP contribution in [0.5, 0.6) is 0 Å². The Balaban J connectivity index is 3.24. The summed E-state index contributed by atoms with van der Waals surface area (Å²) in [6.45, 7) is 2.05.